The molecule has 0 spiro atoms. The highest BCUT2D eigenvalue weighted by molar-refractivity contribution is 5.92. The molecular weight excluding hydrogens is 296 g/mol. The smallest absolute Gasteiger partial charge is 0.274 e. The number of ether oxygens (including phenoxy) is 2. The summed E-state index contributed by atoms with van der Waals surface area (Å²) in [5.41, 5.74) is 0.357. The van der Waals surface area contributed by atoms with Crippen LogP contribution in [-0.4, -0.2) is 79.0 Å². The van der Waals surface area contributed by atoms with Crippen molar-refractivity contribution in [3.05, 3.63) is 17.8 Å². The van der Waals surface area contributed by atoms with Gasteiger partial charge in [0.05, 0.1) is 19.8 Å². The minimum atomic E-state index is -0.0797. The van der Waals surface area contributed by atoms with Crippen molar-refractivity contribution < 1.29 is 14.3 Å². The standard InChI is InChI=1S/C16H24N4O3/c1-19-7-8-23-13(10-19)11-20(9-12-3-4-12)16(21)14-5-6-15(22-2)18-17-14/h5-6,12-13H,3-4,7-11H2,1-2H3. The largest absolute Gasteiger partial charge is 0.480 e. The number of carbonyl (C=O) groups excluding carboxylic acids is 1. The van der Waals surface area contributed by atoms with Crippen LogP contribution in [0.3, 0.4) is 0 Å². The predicted molar refractivity (Wildman–Crippen MR) is 84.4 cm³/mol. The molecule has 7 heteroatoms. The molecule has 23 heavy (non-hydrogen) atoms. The number of hydrogen-bond acceptors (Lipinski definition) is 6. The van der Waals surface area contributed by atoms with Gasteiger partial charge in [-0.15, -0.1) is 10.2 Å². The summed E-state index contributed by atoms with van der Waals surface area (Å²) < 4.78 is 10.8. The molecule has 1 aliphatic carbocycles. The van der Waals surface area contributed by atoms with Gasteiger partial charge in [-0.3, -0.25) is 4.79 Å². The molecule has 0 N–H and O–H groups in total. The van der Waals surface area contributed by atoms with Crippen LogP contribution in [0.2, 0.25) is 0 Å². The van der Waals surface area contributed by atoms with Crippen LogP contribution < -0.4 is 4.74 Å². The number of methoxy groups -OCH3 is 1. The fourth-order valence-corrected chi connectivity index (χ4v) is 2.78. The topological polar surface area (TPSA) is 67.8 Å². The Morgan fingerprint density at radius 1 is 1.39 bits per heavy atom. The zero-order valence-corrected chi connectivity index (χ0v) is 13.8. The van der Waals surface area contributed by atoms with Gasteiger partial charge in [0.15, 0.2) is 5.69 Å². The third kappa shape index (κ3) is 4.39. The SMILES string of the molecule is COc1ccc(C(=O)N(CC2CC2)CC2CN(C)CCO2)nn1. The Labute approximate surface area is 136 Å². The number of amides is 1. The minimum Gasteiger partial charge on any atom is -0.480 e. The van der Waals surface area contributed by atoms with Crippen molar-refractivity contribution in [1.29, 1.82) is 0 Å². The molecule has 1 aromatic heterocycles. The van der Waals surface area contributed by atoms with Gasteiger partial charge in [-0.2, -0.15) is 0 Å². The molecule has 1 amide bonds. The van der Waals surface area contributed by atoms with E-state index in [0.29, 0.717) is 24.0 Å². The van der Waals surface area contributed by atoms with Gasteiger partial charge in [0.25, 0.3) is 5.91 Å². The maximum absolute atomic E-state index is 12.8. The predicted octanol–water partition coefficient (Wildman–Crippen LogP) is 0.668. The lowest BCUT2D eigenvalue weighted by Gasteiger charge is -2.33. The van der Waals surface area contributed by atoms with Crippen LogP contribution in [-0.2, 0) is 4.74 Å². The Bertz CT molecular complexity index is 533. The van der Waals surface area contributed by atoms with E-state index in [1.807, 2.05) is 4.90 Å². The van der Waals surface area contributed by atoms with Crippen molar-refractivity contribution in [2.24, 2.45) is 5.92 Å². The maximum atomic E-state index is 12.8. The summed E-state index contributed by atoms with van der Waals surface area (Å²) in [5.74, 6) is 0.947. The summed E-state index contributed by atoms with van der Waals surface area (Å²) in [6.45, 7) is 3.89. The number of hydrogen-bond donors (Lipinski definition) is 0. The highest BCUT2D eigenvalue weighted by Crippen LogP contribution is 2.30. The van der Waals surface area contributed by atoms with Gasteiger partial charge in [0, 0.05) is 32.2 Å². The zero-order valence-electron chi connectivity index (χ0n) is 13.8. The van der Waals surface area contributed by atoms with Crippen LogP contribution in [0, 0.1) is 5.92 Å². The lowest BCUT2D eigenvalue weighted by atomic mass is 10.2. The lowest BCUT2D eigenvalue weighted by molar-refractivity contribution is -0.0332. The van der Waals surface area contributed by atoms with E-state index in [4.69, 9.17) is 9.47 Å². The Morgan fingerprint density at radius 3 is 2.83 bits per heavy atom. The molecule has 2 aliphatic rings. The fourth-order valence-electron chi connectivity index (χ4n) is 2.78. The van der Waals surface area contributed by atoms with Gasteiger partial charge in [-0.25, -0.2) is 0 Å². The molecule has 0 aromatic carbocycles. The third-order valence-corrected chi connectivity index (χ3v) is 4.30. The summed E-state index contributed by atoms with van der Waals surface area (Å²) >= 11 is 0. The first-order valence-corrected chi connectivity index (χ1v) is 8.13. The number of nitrogens with zero attached hydrogens (tertiary/aromatic N) is 4. The van der Waals surface area contributed by atoms with Gasteiger partial charge in [-0.1, -0.05) is 0 Å². The first-order valence-electron chi connectivity index (χ1n) is 8.13. The van der Waals surface area contributed by atoms with Crippen molar-refractivity contribution in [3.8, 4) is 5.88 Å². The monoisotopic (exact) mass is 320 g/mol. The second-order valence-corrected chi connectivity index (χ2v) is 6.37. The van der Waals surface area contributed by atoms with Crippen molar-refractivity contribution in [3.63, 3.8) is 0 Å². The van der Waals surface area contributed by atoms with Crippen LogP contribution in [0.15, 0.2) is 12.1 Å². The quantitative estimate of drug-likeness (QED) is 0.767. The van der Waals surface area contributed by atoms with E-state index in [2.05, 4.69) is 22.1 Å². The molecule has 1 atom stereocenters. The number of aromatic nitrogens is 2. The first kappa shape index (κ1) is 16.1. The van der Waals surface area contributed by atoms with Gasteiger partial charge < -0.3 is 19.3 Å². The molecule has 1 saturated carbocycles. The molecule has 1 saturated heterocycles. The van der Waals surface area contributed by atoms with Crippen LogP contribution in [0.25, 0.3) is 0 Å². The Morgan fingerprint density at radius 2 is 2.22 bits per heavy atom. The highest BCUT2D eigenvalue weighted by atomic mass is 16.5. The second-order valence-electron chi connectivity index (χ2n) is 6.37. The van der Waals surface area contributed by atoms with Gasteiger partial charge >= 0.3 is 0 Å². The van der Waals surface area contributed by atoms with E-state index in [0.717, 1.165) is 26.2 Å². The number of carbonyl (C=O) groups is 1. The van der Waals surface area contributed by atoms with E-state index in [9.17, 15) is 4.79 Å². The molecular formula is C16H24N4O3. The summed E-state index contributed by atoms with van der Waals surface area (Å²) in [4.78, 5) is 16.9. The molecule has 1 aliphatic heterocycles. The molecule has 3 rings (SSSR count). The third-order valence-electron chi connectivity index (χ3n) is 4.30. The molecule has 7 nitrogen and oxygen atoms in total. The Hall–Kier alpha value is -1.73. The molecule has 0 radical (unpaired) electrons. The molecule has 0 bridgehead atoms. The van der Waals surface area contributed by atoms with E-state index in [1.54, 1.807) is 12.1 Å². The van der Waals surface area contributed by atoms with Gasteiger partial charge in [0.2, 0.25) is 5.88 Å². The molecule has 126 valence electrons. The van der Waals surface area contributed by atoms with Crippen molar-refractivity contribution >= 4 is 5.91 Å². The molecule has 2 heterocycles. The second kappa shape index (κ2) is 7.23. The molecule has 1 unspecified atom stereocenters. The lowest BCUT2D eigenvalue weighted by Crippen LogP contribution is -2.48. The average molecular weight is 320 g/mol. The van der Waals surface area contributed by atoms with Crippen molar-refractivity contribution in [1.82, 2.24) is 20.0 Å². The highest BCUT2D eigenvalue weighted by Gasteiger charge is 2.30. The minimum absolute atomic E-state index is 0.0580. The van der Waals surface area contributed by atoms with E-state index < -0.39 is 0 Å². The van der Waals surface area contributed by atoms with Crippen LogP contribution in [0.1, 0.15) is 23.3 Å². The molecule has 1 aromatic rings. The van der Waals surface area contributed by atoms with Crippen LogP contribution in [0.5, 0.6) is 5.88 Å². The zero-order chi connectivity index (χ0) is 16.2. The number of rotatable bonds is 6. The number of likely N-dealkylation sites (N-methyl/N-ethyl adjacent to an activating group) is 1. The van der Waals surface area contributed by atoms with E-state index in [-0.39, 0.29) is 12.0 Å². The maximum Gasteiger partial charge on any atom is 0.274 e. The van der Waals surface area contributed by atoms with E-state index >= 15 is 0 Å². The van der Waals surface area contributed by atoms with Crippen LogP contribution >= 0.6 is 0 Å². The summed E-state index contributed by atoms with van der Waals surface area (Å²) in [6, 6.07) is 3.34. The normalized spacial score (nSPS) is 21.9. The van der Waals surface area contributed by atoms with Gasteiger partial charge in [0.1, 0.15) is 0 Å². The summed E-state index contributed by atoms with van der Waals surface area (Å²) in [7, 11) is 3.61. The average Bonchev–Trinajstić information content (AvgIpc) is 3.38. The first-order chi connectivity index (χ1) is 11.2. The fraction of sp³-hybridized carbons (Fsp3) is 0.688. The molecule has 2 fully saturated rings. The summed E-state index contributed by atoms with van der Waals surface area (Å²) in [5, 5.41) is 7.88. The summed E-state index contributed by atoms with van der Waals surface area (Å²) in [6.07, 6.45) is 2.45. The van der Waals surface area contributed by atoms with Crippen molar-refractivity contribution in [2.45, 2.75) is 18.9 Å². The number of morpholine rings is 1. The van der Waals surface area contributed by atoms with Crippen LogP contribution in [0.4, 0.5) is 0 Å². The van der Waals surface area contributed by atoms with Crippen molar-refractivity contribution in [2.75, 3.05) is 46.9 Å². The Kier molecular flexibility index (Phi) is 5.07. The van der Waals surface area contributed by atoms with E-state index in [1.165, 1.54) is 20.0 Å². The Balaban J connectivity index is 1.67. The van der Waals surface area contributed by atoms with Gasteiger partial charge in [-0.05, 0) is 31.9 Å².